The summed E-state index contributed by atoms with van der Waals surface area (Å²) < 4.78 is 13.3. The fraction of sp³-hybridized carbons (Fsp3) is 0.500. The first-order valence-electron chi connectivity index (χ1n) is 6.30. The van der Waals surface area contributed by atoms with Gasteiger partial charge in [0.15, 0.2) is 0 Å². The SMILES string of the molecule is Cc1nc(C2CC=NN2C(=O)C(C)(C)C)ccc1F. The van der Waals surface area contributed by atoms with Crippen LogP contribution in [0.15, 0.2) is 17.2 Å². The van der Waals surface area contributed by atoms with Gasteiger partial charge in [-0.05, 0) is 19.1 Å². The molecule has 0 aromatic carbocycles. The predicted octanol–water partition coefficient (Wildman–Crippen LogP) is 2.83. The van der Waals surface area contributed by atoms with Gasteiger partial charge in [0.25, 0.3) is 0 Å². The molecule has 0 N–H and O–H groups in total. The maximum absolute atomic E-state index is 13.3. The van der Waals surface area contributed by atoms with Gasteiger partial charge in [-0.25, -0.2) is 9.40 Å². The molecule has 2 rings (SSSR count). The molecule has 0 aliphatic carbocycles. The summed E-state index contributed by atoms with van der Waals surface area (Å²) in [6, 6.07) is 2.77. The summed E-state index contributed by atoms with van der Waals surface area (Å²) >= 11 is 0. The molecule has 1 amide bonds. The van der Waals surface area contributed by atoms with Crippen molar-refractivity contribution in [2.24, 2.45) is 10.5 Å². The van der Waals surface area contributed by atoms with E-state index in [1.165, 1.54) is 11.1 Å². The lowest BCUT2D eigenvalue weighted by atomic mass is 9.94. The van der Waals surface area contributed by atoms with Gasteiger partial charge < -0.3 is 0 Å². The van der Waals surface area contributed by atoms with E-state index in [0.29, 0.717) is 17.8 Å². The number of hydrogen-bond acceptors (Lipinski definition) is 3. The Morgan fingerprint density at radius 3 is 2.68 bits per heavy atom. The van der Waals surface area contributed by atoms with E-state index in [1.807, 2.05) is 20.8 Å². The summed E-state index contributed by atoms with van der Waals surface area (Å²) in [6.45, 7) is 7.17. The van der Waals surface area contributed by atoms with E-state index >= 15 is 0 Å². The Morgan fingerprint density at radius 1 is 1.42 bits per heavy atom. The minimum atomic E-state index is -0.505. The molecule has 0 saturated heterocycles. The van der Waals surface area contributed by atoms with Crippen LogP contribution in [0.4, 0.5) is 4.39 Å². The summed E-state index contributed by atoms with van der Waals surface area (Å²) in [7, 11) is 0. The number of hydrazone groups is 1. The molecule has 1 aliphatic rings. The Morgan fingerprint density at radius 2 is 2.11 bits per heavy atom. The molecule has 0 bridgehead atoms. The molecule has 0 spiro atoms. The second kappa shape index (κ2) is 4.72. The number of hydrogen-bond donors (Lipinski definition) is 0. The standard InChI is InChI=1S/C14H18FN3O/c1-9-10(15)5-6-11(17-9)12-7-8-16-18(12)13(19)14(2,3)4/h5-6,8,12H,7H2,1-4H3. The zero-order chi connectivity index (χ0) is 14.2. The maximum Gasteiger partial charge on any atom is 0.248 e. The quantitative estimate of drug-likeness (QED) is 0.782. The van der Waals surface area contributed by atoms with Crippen molar-refractivity contribution in [1.29, 1.82) is 0 Å². The highest BCUT2D eigenvalue weighted by Gasteiger charge is 2.35. The third-order valence-corrected chi connectivity index (χ3v) is 3.06. The topological polar surface area (TPSA) is 45.6 Å². The van der Waals surface area contributed by atoms with Crippen LogP contribution in [0.3, 0.4) is 0 Å². The van der Waals surface area contributed by atoms with E-state index in [9.17, 15) is 9.18 Å². The molecule has 1 aromatic rings. The molecule has 1 aromatic heterocycles. The number of halogens is 1. The van der Waals surface area contributed by atoms with Crippen LogP contribution in [0.1, 0.15) is 44.6 Å². The van der Waals surface area contributed by atoms with Crippen molar-refractivity contribution in [2.45, 2.75) is 40.2 Å². The fourth-order valence-electron chi connectivity index (χ4n) is 1.95. The molecule has 19 heavy (non-hydrogen) atoms. The van der Waals surface area contributed by atoms with E-state index < -0.39 is 5.41 Å². The van der Waals surface area contributed by atoms with Crippen molar-refractivity contribution in [3.05, 3.63) is 29.3 Å². The molecule has 1 atom stereocenters. The number of rotatable bonds is 1. The van der Waals surface area contributed by atoms with Crippen LogP contribution >= 0.6 is 0 Å². The lowest BCUT2D eigenvalue weighted by Gasteiger charge is -2.28. The van der Waals surface area contributed by atoms with Crippen LogP contribution in [0, 0.1) is 18.2 Å². The molecule has 1 unspecified atom stereocenters. The minimum absolute atomic E-state index is 0.0602. The van der Waals surface area contributed by atoms with E-state index in [0.717, 1.165) is 0 Å². The minimum Gasteiger partial charge on any atom is -0.272 e. The number of aromatic nitrogens is 1. The van der Waals surface area contributed by atoms with Gasteiger partial charge in [-0.2, -0.15) is 5.10 Å². The molecular formula is C14H18FN3O. The van der Waals surface area contributed by atoms with Crippen molar-refractivity contribution < 1.29 is 9.18 Å². The Hall–Kier alpha value is -1.78. The third-order valence-electron chi connectivity index (χ3n) is 3.06. The zero-order valence-corrected chi connectivity index (χ0v) is 11.6. The van der Waals surface area contributed by atoms with Crippen LogP contribution in [0.2, 0.25) is 0 Å². The van der Waals surface area contributed by atoms with E-state index in [2.05, 4.69) is 10.1 Å². The first kappa shape index (κ1) is 13.6. The van der Waals surface area contributed by atoms with Gasteiger partial charge in [0.2, 0.25) is 5.91 Å². The van der Waals surface area contributed by atoms with Crippen LogP contribution in [-0.2, 0) is 4.79 Å². The number of carbonyl (C=O) groups is 1. The van der Waals surface area contributed by atoms with Gasteiger partial charge in [-0.15, -0.1) is 0 Å². The summed E-state index contributed by atoms with van der Waals surface area (Å²) in [4.78, 5) is 16.5. The Bertz CT molecular complexity index is 534. The summed E-state index contributed by atoms with van der Waals surface area (Å²) in [6.07, 6.45) is 2.31. The number of nitrogens with zero attached hydrogens (tertiary/aromatic N) is 3. The van der Waals surface area contributed by atoms with E-state index in [4.69, 9.17) is 0 Å². The molecule has 1 aliphatic heterocycles. The van der Waals surface area contributed by atoms with Crippen molar-refractivity contribution in [3.63, 3.8) is 0 Å². The third kappa shape index (κ3) is 2.64. The molecule has 0 fully saturated rings. The van der Waals surface area contributed by atoms with Gasteiger partial charge >= 0.3 is 0 Å². The number of pyridine rings is 1. The predicted molar refractivity (Wildman–Crippen MR) is 71.1 cm³/mol. The molecule has 0 saturated carbocycles. The van der Waals surface area contributed by atoms with Gasteiger partial charge in [-0.1, -0.05) is 20.8 Å². The molecule has 0 radical (unpaired) electrons. The van der Waals surface area contributed by atoms with Gasteiger partial charge in [0.1, 0.15) is 11.9 Å². The Kier molecular flexibility index (Phi) is 3.39. The molecule has 2 heterocycles. The number of carbonyl (C=O) groups excluding carboxylic acids is 1. The maximum atomic E-state index is 13.3. The van der Waals surface area contributed by atoms with Crippen molar-refractivity contribution >= 4 is 12.1 Å². The van der Waals surface area contributed by atoms with Gasteiger partial charge in [0, 0.05) is 18.1 Å². The van der Waals surface area contributed by atoms with E-state index in [1.54, 1.807) is 19.2 Å². The van der Waals surface area contributed by atoms with E-state index in [-0.39, 0.29) is 17.8 Å². The molecule has 102 valence electrons. The van der Waals surface area contributed by atoms with Crippen LogP contribution in [-0.4, -0.2) is 22.1 Å². The van der Waals surface area contributed by atoms with Crippen molar-refractivity contribution in [1.82, 2.24) is 9.99 Å². The van der Waals surface area contributed by atoms with Crippen LogP contribution in [0.25, 0.3) is 0 Å². The smallest absolute Gasteiger partial charge is 0.248 e. The van der Waals surface area contributed by atoms with Crippen molar-refractivity contribution in [2.75, 3.05) is 0 Å². The second-order valence-corrected chi connectivity index (χ2v) is 5.75. The fourth-order valence-corrected chi connectivity index (χ4v) is 1.95. The molecule has 4 nitrogen and oxygen atoms in total. The Balaban J connectivity index is 2.30. The largest absolute Gasteiger partial charge is 0.272 e. The zero-order valence-electron chi connectivity index (χ0n) is 11.6. The number of amides is 1. The summed E-state index contributed by atoms with van der Waals surface area (Å²) in [5, 5.41) is 5.60. The van der Waals surface area contributed by atoms with Crippen LogP contribution in [0.5, 0.6) is 0 Å². The first-order valence-corrected chi connectivity index (χ1v) is 6.30. The normalized spacial score (nSPS) is 19.0. The summed E-state index contributed by atoms with van der Waals surface area (Å²) in [5.74, 6) is -0.397. The molecular weight excluding hydrogens is 245 g/mol. The molecule has 5 heteroatoms. The number of aryl methyl sites for hydroxylation is 1. The second-order valence-electron chi connectivity index (χ2n) is 5.75. The lowest BCUT2D eigenvalue weighted by Crippen LogP contribution is -2.36. The lowest BCUT2D eigenvalue weighted by molar-refractivity contribution is -0.141. The summed E-state index contributed by atoms with van der Waals surface area (Å²) in [5.41, 5.74) is 0.510. The average Bonchev–Trinajstić information content (AvgIpc) is 2.79. The highest BCUT2D eigenvalue weighted by atomic mass is 19.1. The van der Waals surface area contributed by atoms with Gasteiger partial charge in [0.05, 0.1) is 11.4 Å². The first-order chi connectivity index (χ1) is 8.80. The van der Waals surface area contributed by atoms with Crippen LogP contribution < -0.4 is 0 Å². The van der Waals surface area contributed by atoms with Crippen molar-refractivity contribution in [3.8, 4) is 0 Å². The monoisotopic (exact) mass is 263 g/mol. The average molecular weight is 263 g/mol. The highest BCUT2D eigenvalue weighted by molar-refractivity contribution is 5.84. The Labute approximate surface area is 112 Å². The highest BCUT2D eigenvalue weighted by Crippen LogP contribution is 2.31. The van der Waals surface area contributed by atoms with Gasteiger partial charge in [-0.3, -0.25) is 9.78 Å².